The number of hydrogen-bond acceptors (Lipinski definition) is 10. The summed E-state index contributed by atoms with van der Waals surface area (Å²) in [6.45, 7) is 0.202. The molecule has 3 aromatic rings. The number of H-pyrrole nitrogens is 1. The molecule has 0 aliphatic heterocycles. The van der Waals surface area contributed by atoms with Gasteiger partial charge in [-0.05, 0) is 68.9 Å². The van der Waals surface area contributed by atoms with Crippen molar-refractivity contribution in [3.05, 3.63) is 77.1 Å². The number of nitrogens with zero attached hydrogens (tertiary/aromatic N) is 4. The Morgan fingerprint density at radius 3 is 2.62 bits per heavy atom. The zero-order chi connectivity index (χ0) is 34.1. The van der Waals surface area contributed by atoms with Crippen LogP contribution in [0.4, 0.5) is 10.1 Å². The maximum atomic E-state index is 15.9. The van der Waals surface area contributed by atoms with E-state index in [4.69, 9.17) is 20.5 Å². The van der Waals surface area contributed by atoms with Gasteiger partial charge in [0.15, 0.2) is 5.75 Å². The number of nitrogens with one attached hydrogen (secondary N) is 1. The van der Waals surface area contributed by atoms with Crippen LogP contribution in [0.15, 0.2) is 71.9 Å². The predicted octanol–water partition coefficient (Wildman–Crippen LogP) is 4.66. The van der Waals surface area contributed by atoms with E-state index in [-0.39, 0.29) is 30.4 Å². The second kappa shape index (κ2) is 13.0. The highest BCUT2D eigenvalue weighted by molar-refractivity contribution is 7.93. The number of aromatic amines is 1. The second-order valence-electron chi connectivity index (χ2n) is 12.5. The van der Waals surface area contributed by atoms with E-state index >= 15 is 4.39 Å². The zero-order valence-corrected chi connectivity index (χ0v) is 26.8. The number of hydrogen-bond donors (Lipinski definition) is 2. The van der Waals surface area contributed by atoms with Crippen LogP contribution in [0.2, 0.25) is 0 Å². The highest BCUT2D eigenvalue weighted by Crippen LogP contribution is 2.43. The number of alkyl halides is 1. The number of carbonyl (C=O) groups is 1. The van der Waals surface area contributed by atoms with Gasteiger partial charge in [0.2, 0.25) is 20.7 Å². The van der Waals surface area contributed by atoms with Crippen molar-refractivity contribution in [2.24, 2.45) is 11.7 Å². The van der Waals surface area contributed by atoms with E-state index in [1.165, 1.54) is 36.6 Å². The van der Waals surface area contributed by atoms with Crippen molar-refractivity contribution in [1.82, 2.24) is 14.9 Å². The Bertz CT molecular complexity index is 1930. The minimum atomic E-state index is -4.75. The molecule has 2 heterocycles. The molecule has 3 aliphatic rings. The lowest BCUT2D eigenvalue weighted by Crippen LogP contribution is -2.53. The van der Waals surface area contributed by atoms with Crippen LogP contribution in [0.25, 0.3) is 11.0 Å². The third kappa shape index (κ3) is 6.37. The van der Waals surface area contributed by atoms with E-state index in [1.54, 1.807) is 12.3 Å². The van der Waals surface area contributed by atoms with Gasteiger partial charge in [0.1, 0.15) is 29.6 Å². The Labute approximate surface area is 276 Å². The fraction of sp³-hybridized carbons (Fsp3) is 0.424. The van der Waals surface area contributed by atoms with E-state index in [0.29, 0.717) is 42.9 Å². The summed E-state index contributed by atoms with van der Waals surface area (Å²) in [5.41, 5.74) is 3.76. The number of benzene rings is 1. The van der Waals surface area contributed by atoms with E-state index in [9.17, 15) is 23.3 Å². The molecule has 3 N–H and O–H groups in total. The fourth-order valence-electron chi connectivity index (χ4n) is 6.63. The first kappa shape index (κ1) is 33.1. The molecule has 0 spiro atoms. The van der Waals surface area contributed by atoms with Crippen molar-refractivity contribution < 1.29 is 32.0 Å². The van der Waals surface area contributed by atoms with E-state index in [2.05, 4.69) is 20.9 Å². The number of ether oxygens (including phenoxy) is 2. The summed E-state index contributed by atoms with van der Waals surface area (Å²) >= 11 is 0. The number of allylic oxidation sites excluding steroid dienone is 2. The van der Waals surface area contributed by atoms with Crippen LogP contribution in [-0.2, 0) is 14.6 Å². The van der Waals surface area contributed by atoms with Crippen LogP contribution in [0.1, 0.15) is 44.9 Å². The number of sulfone groups is 1. The molecule has 15 heteroatoms. The van der Waals surface area contributed by atoms with Crippen molar-refractivity contribution >= 4 is 32.5 Å². The number of carbonyl (C=O) groups excluding carboxylic acids is 1. The third-order valence-corrected chi connectivity index (χ3v) is 11.5. The van der Waals surface area contributed by atoms with Gasteiger partial charge in [0.25, 0.3) is 0 Å². The number of aromatic nitrogens is 2. The molecular weight excluding hydrogens is 643 g/mol. The quantitative estimate of drug-likeness (QED) is 0.190. The molecule has 1 amide bonds. The number of nitro benzene ring substituents is 1. The highest BCUT2D eigenvalue weighted by Gasteiger charge is 2.54. The first-order valence-electron chi connectivity index (χ1n) is 15.7. The number of amides is 1. The fourth-order valence-corrected chi connectivity index (χ4v) is 8.50. The molecular formula is C33H35FN6O7S. The van der Waals surface area contributed by atoms with Gasteiger partial charge in [-0.2, -0.15) is 5.26 Å². The van der Waals surface area contributed by atoms with Crippen molar-refractivity contribution in [3.63, 3.8) is 0 Å². The number of rotatable bonds is 13. The van der Waals surface area contributed by atoms with Crippen LogP contribution in [0, 0.1) is 27.4 Å². The van der Waals surface area contributed by atoms with Crippen LogP contribution >= 0.6 is 0 Å². The maximum Gasteiger partial charge on any atom is 0.312 e. The molecule has 2 atom stereocenters. The second-order valence-corrected chi connectivity index (χ2v) is 14.6. The van der Waals surface area contributed by atoms with E-state index in [0.717, 1.165) is 31.0 Å². The van der Waals surface area contributed by atoms with Crippen LogP contribution < -0.4 is 15.2 Å². The number of halogens is 1. The number of pyridine rings is 1. The average molecular weight is 679 g/mol. The number of nitrogens with two attached hydrogens (primary N) is 1. The molecule has 6 rings (SSSR count). The normalized spacial score (nSPS) is 25.5. The van der Waals surface area contributed by atoms with E-state index < -0.39 is 54.4 Å². The molecule has 0 saturated heterocycles. The molecule has 2 unspecified atom stereocenters. The smallest absolute Gasteiger partial charge is 0.312 e. The number of primary amides is 1. The lowest BCUT2D eigenvalue weighted by atomic mass is 9.83. The minimum absolute atomic E-state index is 0.0135. The monoisotopic (exact) mass is 678 g/mol. The van der Waals surface area contributed by atoms with Crippen molar-refractivity contribution in [2.75, 3.05) is 13.2 Å². The third-order valence-electron chi connectivity index (χ3n) is 9.30. The Morgan fingerprint density at radius 2 is 1.94 bits per heavy atom. The molecule has 2 aromatic heterocycles. The van der Waals surface area contributed by atoms with Crippen molar-refractivity contribution in [3.8, 4) is 17.6 Å². The average Bonchev–Trinajstić information content (AvgIpc) is 3.80. The van der Waals surface area contributed by atoms with Gasteiger partial charge < -0.3 is 20.2 Å². The highest BCUT2D eigenvalue weighted by atomic mass is 32.2. The Balaban J connectivity index is 1.25. The first-order chi connectivity index (χ1) is 23.0. The molecule has 0 bridgehead atoms. The van der Waals surface area contributed by atoms with Crippen LogP contribution in [0.3, 0.4) is 0 Å². The molecule has 0 radical (unpaired) electrons. The number of nitriles is 1. The van der Waals surface area contributed by atoms with Gasteiger partial charge in [-0.1, -0.05) is 18.2 Å². The number of nitro groups is 1. The van der Waals surface area contributed by atoms with Gasteiger partial charge in [-0.25, -0.2) is 17.8 Å². The SMILES string of the molecule is N#CCCN(C1CC1)C1CCC(F)(COc2ccc(S(=O)(=O)C3(Oc4cnc5[nH]ccc5c4)C=CC=CC3C(N)=O)cc2[N+](=O)[O-])CC1. The summed E-state index contributed by atoms with van der Waals surface area (Å²) in [5, 5.41) is 21.8. The Hall–Kier alpha value is -4.81. The summed E-state index contributed by atoms with van der Waals surface area (Å²) in [6, 6.07) is 9.05. The molecule has 3 aliphatic carbocycles. The maximum absolute atomic E-state index is 15.9. The standard InChI is InChI=1S/C33H35FN6O7S/c34-32(13-9-24(10-14-32)39(17-3-15-35)23-5-6-23)21-46-29-8-7-26(19-28(29)40(42)43)48(44,45)33(12-2-1-4-27(33)30(36)41)47-25-18-22-11-16-37-31(22)38-20-25/h1-2,4,7-8,11-12,16,18-20,23-24,27H,3,5-6,9-10,13-14,17,21H2,(H2,36,41)(H,37,38). The van der Waals surface area contributed by atoms with Crippen LogP contribution in [-0.4, -0.2) is 70.0 Å². The predicted molar refractivity (Wildman–Crippen MR) is 172 cm³/mol. The van der Waals surface area contributed by atoms with Crippen LogP contribution in [0.5, 0.6) is 11.5 Å². The van der Waals surface area contributed by atoms with Crippen molar-refractivity contribution in [2.45, 2.75) is 72.5 Å². The summed E-state index contributed by atoms with van der Waals surface area (Å²) < 4.78 is 56.5. The summed E-state index contributed by atoms with van der Waals surface area (Å²) in [4.78, 5) is 30.5. The summed E-state index contributed by atoms with van der Waals surface area (Å²) in [6.07, 6.45) is 12.3. The van der Waals surface area contributed by atoms with Gasteiger partial charge in [0.05, 0.1) is 22.1 Å². The van der Waals surface area contributed by atoms with Gasteiger partial charge in [-0.3, -0.25) is 19.8 Å². The minimum Gasteiger partial charge on any atom is -0.483 e. The van der Waals surface area contributed by atoms with Gasteiger partial charge in [-0.15, -0.1) is 0 Å². The molecule has 1 aromatic carbocycles. The summed E-state index contributed by atoms with van der Waals surface area (Å²) in [7, 11) is -4.75. The molecule has 252 valence electrons. The van der Waals surface area contributed by atoms with Crippen molar-refractivity contribution in [1.29, 1.82) is 5.26 Å². The van der Waals surface area contributed by atoms with Gasteiger partial charge in [0, 0.05) is 42.7 Å². The molecule has 2 saturated carbocycles. The summed E-state index contributed by atoms with van der Waals surface area (Å²) in [5.74, 6) is -2.80. The lowest BCUT2D eigenvalue weighted by molar-refractivity contribution is -0.386. The number of fused-ring (bicyclic) bond motifs is 1. The molecule has 48 heavy (non-hydrogen) atoms. The zero-order valence-electron chi connectivity index (χ0n) is 26.0. The Kier molecular flexibility index (Phi) is 8.97. The largest absolute Gasteiger partial charge is 0.483 e. The molecule has 2 fully saturated rings. The Morgan fingerprint density at radius 1 is 1.19 bits per heavy atom. The van der Waals surface area contributed by atoms with E-state index in [1.807, 2.05) is 0 Å². The first-order valence-corrected chi connectivity index (χ1v) is 17.2. The topological polar surface area (TPSA) is 195 Å². The lowest BCUT2D eigenvalue weighted by Gasteiger charge is -2.39. The molecule has 13 nitrogen and oxygen atoms in total. The van der Waals surface area contributed by atoms with Gasteiger partial charge >= 0.3 is 5.69 Å².